The average molecular weight is 379 g/mol. The van der Waals surface area contributed by atoms with Crippen LogP contribution in [0.5, 0.6) is 5.75 Å². The van der Waals surface area contributed by atoms with Crippen molar-refractivity contribution < 1.29 is 19.5 Å². The Labute approximate surface area is 163 Å². The molecule has 2 aliphatic heterocycles. The highest BCUT2D eigenvalue weighted by Gasteiger charge is 2.29. The number of hydrogen-bond donors (Lipinski definition) is 1. The van der Waals surface area contributed by atoms with Crippen molar-refractivity contribution in [3.8, 4) is 11.8 Å². The van der Waals surface area contributed by atoms with Crippen molar-refractivity contribution in [3.63, 3.8) is 0 Å². The molecular weight excluding hydrogens is 358 g/mol. The van der Waals surface area contributed by atoms with Gasteiger partial charge in [-0.05, 0) is 23.3 Å². The summed E-state index contributed by atoms with van der Waals surface area (Å²) < 4.78 is 11.3. The molecular formula is C21H21N3O4. The van der Waals surface area contributed by atoms with Crippen molar-refractivity contribution in [2.45, 2.75) is 19.2 Å². The van der Waals surface area contributed by atoms with Gasteiger partial charge in [-0.3, -0.25) is 14.9 Å². The number of carbonyl (C=O) groups is 1. The lowest BCUT2D eigenvalue weighted by Crippen LogP contribution is -2.38. The van der Waals surface area contributed by atoms with Crippen LogP contribution in [0.4, 0.5) is 0 Å². The van der Waals surface area contributed by atoms with Crippen LogP contribution in [0, 0.1) is 11.3 Å². The smallest absolute Gasteiger partial charge is 0.278 e. The number of hydroxylamine groups is 2. The first-order chi connectivity index (χ1) is 13.7. The van der Waals surface area contributed by atoms with E-state index in [1.807, 2.05) is 24.3 Å². The zero-order valence-corrected chi connectivity index (χ0v) is 15.4. The Morgan fingerprint density at radius 2 is 1.93 bits per heavy atom. The second kappa shape index (κ2) is 7.98. The van der Waals surface area contributed by atoms with Gasteiger partial charge in [-0.25, -0.2) is 5.06 Å². The zero-order valence-electron chi connectivity index (χ0n) is 15.4. The molecule has 0 saturated carbocycles. The van der Waals surface area contributed by atoms with Crippen molar-refractivity contribution >= 4 is 5.91 Å². The van der Waals surface area contributed by atoms with E-state index in [1.54, 1.807) is 18.2 Å². The number of fused-ring (bicyclic) bond motifs is 1. The number of benzene rings is 2. The van der Waals surface area contributed by atoms with Gasteiger partial charge >= 0.3 is 0 Å². The molecule has 1 amide bonds. The van der Waals surface area contributed by atoms with E-state index in [1.165, 1.54) is 0 Å². The molecule has 1 saturated heterocycles. The first-order valence-electron chi connectivity index (χ1n) is 9.23. The van der Waals surface area contributed by atoms with E-state index < -0.39 is 5.91 Å². The first kappa shape index (κ1) is 18.4. The van der Waals surface area contributed by atoms with Crippen LogP contribution in [0.3, 0.4) is 0 Å². The molecule has 1 N–H and O–H groups in total. The van der Waals surface area contributed by atoms with Crippen LogP contribution in [0.15, 0.2) is 42.5 Å². The number of amides is 1. The summed E-state index contributed by atoms with van der Waals surface area (Å²) in [6, 6.07) is 15.1. The molecule has 144 valence electrons. The second-order valence-corrected chi connectivity index (χ2v) is 6.86. The number of morpholine rings is 1. The Balaban J connectivity index is 1.43. The summed E-state index contributed by atoms with van der Waals surface area (Å²) >= 11 is 0. The summed E-state index contributed by atoms with van der Waals surface area (Å²) in [5.41, 5.74) is 3.08. The Kier molecular flexibility index (Phi) is 5.26. The number of carbonyl (C=O) groups excluding carboxylic acids is 1. The molecule has 7 nitrogen and oxygen atoms in total. The maximum absolute atomic E-state index is 11.9. The number of nitriles is 1. The number of nitrogens with zero attached hydrogens (tertiary/aromatic N) is 3. The summed E-state index contributed by atoms with van der Waals surface area (Å²) in [7, 11) is 0. The fourth-order valence-corrected chi connectivity index (χ4v) is 3.58. The predicted molar refractivity (Wildman–Crippen MR) is 99.6 cm³/mol. The van der Waals surface area contributed by atoms with Gasteiger partial charge in [-0.1, -0.05) is 30.3 Å². The van der Waals surface area contributed by atoms with Crippen LogP contribution < -0.4 is 4.74 Å². The quantitative estimate of drug-likeness (QED) is 0.804. The van der Waals surface area contributed by atoms with Gasteiger partial charge in [0.25, 0.3) is 5.91 Å². The summed E-state index contributed by atoms with van der Waals surface area (Å²) in [5, 5.41) is 19.9. The van der Waals surface area contributed by atoms with Crippen LogP contribution in [-0.2, 0) is 17.9 Å². The molecule has 0 radical (unpaired) electrons. The van der Waals surface area contributed by atoms with E-state index in [4.69, 9.17) is 9.47 Å². The molecule has 2 aromatic carbocycles. The number of hydrogen-bond acceptors (Lipinski definition) is 6. The van der Waals surface area contributed by atoms with Gasteiger partial charge in [0, 0.05) is 18.7 Å². The Morgan fingerprint density at radius 1 is 1.18 bits per heavy atom. The third-order valence-corrected chi connectivity index (χ3v) is 5.13. The average Bonchev–Trinajstić information content (AvgIpc) is 3.03. The molecule has 2 aromatic rings. The Hall–Kier alpha value is -2.92. The molecule has 1 atom stereocenters. The number of ether oxygens (including phenoxy) is 2. The van der Waals surface area contributed by atoms with Crippen molar-refractivity contribution in [3.05, 3.63) is 64.7 Å². The monoisotopic (exact) mass is 379 g/mol. The number of rotatable bonds is 5. The lowest BCUT2D eigenvalue weighted by molar-refractivity contribution is -0.0581. The minimum absolute atomic E-state index is 0.132. The molecule has 4 rings (SSSR count). The second-order valence-electron chi connectivity index (χ2n) is 6.86. The van der Waals surface area contributed by atoms with Crippen LogP contribution in [-0.4, -0.2) is 47.4 Å². The Morgan fingerprint density at radius 3 is 2.64 bits per heavy atom. The minimum atomic E-state index is -0.407. The van der Waals surface area contributed by atoms with E-state index in [-0.39, 0.29) is 12.6 Å². The van der Waals surface area contributed by atoms with E-state index in [9.17, 15) is 15.3 Å². The highest BCUT2D eigenvalue weighted by Crippen LogP contribution is 2.30. The minimum Gasteiger partial charge on any atom is -0.489 e. The lowest BCUT2D eigenvalue weighted by atomic mass is 10.0. The van der Waals surface area contributed by atoms with Gasteiger partial charge in [0.15, 0.2) is 0 Å². The van der Waals surface area contributed by atoms with Crippen molar-refractivity contribution in [2.75, 3.05) is 26.3 Å². The van der Waals surface area contributed by atoms with Gasteiger partial charge in [-0.15, -0.1) is 0 Å². The van der Waals surface area contributed by atoms with Gasteiger partial charge in [0.05, 0.1) is 31.4 Å². The topological polar surface area (TPSA) is 86.0 Å². The van der Waals surface area contributed by atoms with Gasteiger partial charge < -0.3 is 9.47 Å². The molecule has 0 aliphatic carbocycles. The molecule has 0 bridgehead atoms. The molecule has 7 heteroatoms. The van der Waals surface area contributed by atoms with Gasteiger partial charge in [0.1, 0.15) is 18.4 Å². The third-order valence-electron chi connectivity index (χ3n) is 5.13. The molecule has 1 fully saturated rings. The molecule has 2 heterocycles. The Bertz CT molecular complexity index is 901. The normalized spacial score (nSPS) is 17.9. The lowest BCUT2D eigenvalue weighted by Gasteiger charge is -2.30. The highest BCUT2D eigenvalue weighted by atomic mass is 16.5. The van der Waals surface area contributed by atoms with Crippen LogP contribution >= 0.6 is 0 Å². The van der Waals surface area contributed by atoms with E-state index >= 15 is 0 Å². The maximum Gasteiger partial charge on any atom is 0.278 e. The van der Waals surface area contributed by atoms with Crippen molar-refractivity contribution in [1.29, 1.82) is 5.26 Å². The van der Waals surface area contributed by atoms with Gasteiger partial charge in [0.2, 0.25) is 0 Å². The summed E-state index contributed by atoms with van der Waals surface area (Å²) in [4.78, 5) is 14.0. The fourth-order valence-electron chi connectivity index (χ4n) is 3.58. The first-order valence-corrected chi connectivity index (χ1v) is 9.23. The highest BCUT2D eigenvalue weighted by molar-refractivity contribution is 5.98. The molecule has 28 heavy (non-hydrogen) atoms. The molecule has 2 aliphatic rings. The summed E-state index contributed by atoms with van der Waals surface area (Å²) in [6.45, 7) is 3.28. The summed E-state index contributed by atoms with van der Waals surface area (Å²) in [5.74, 6) is 0.185. The van der Waals surface area contributed by atoms with Gasteiger partial charge in [-0.2, -0.15) is 5.26 Å². The summed E-state index contributed by atoms with van der Waals surface area (Å²) in [6.07, 6.45) is 0. The zero-order chi connectivity index (χ0) is 19.5. The van der Waals surface area contributed by atoms with Crippen molar-refractivity contribution in [1.82, 2.24) is 9.96 Å². The largest absolute Gasteiger partial charge is 0.489 e. The molecule has 1 unspecified atom stereocenters. The van der Waals surface area contributed by atoms with Crippen molar-refractivity contribution in [2.24, 2.45) is 0 Å². The van der Waals surface area contributed by atoms with Crippen LogP contribution in [0.25, 0.3) is 0 Å². The van der Waals surface area contributed by atoms with E-state index in [0.29, 0.717) is 41.8 Å². The van der Waals surface area contributed by atoms with E-state index in [0.717, 1.165) is 24.2 Å². The van der Waals surface area contributed by atoms with Crippen LogP contribution in [0.2, 0.25) is 0 Å². The predicted octanol–water partition coefficient (Wildman–Crippen LogP) is 2.51. The fraction of sp³-hybridized carbons (Fsp3) is 0.333. The standard InChI is InChI=1S/C21H21N3O4/c22-12-19(23-8-10-27-11-9-23)16-6-4-15(5-7-16)14-28-20-3-1-2-17-18(20)13-24(26)21(17)25/h1-7,19,26H,8-11,13-14H2. The molecule has 0 aromatic heterocycles. The van der Waals surface area contributed by atoms with E-state index in [2.05, 4.69) is 11.0 Å². The van der Waals surface area contributed by atoms with Crippen LogP contribution in [0.1, 0.15) is 33.1 Å². The maximum atomic E-state index is 11.9. The SMILES string of the molecule is N#CC(c1ccc(COc2cccc3c2CN(O)C3=O)cc1)N1CCOCC1. The molecule has 0 spiro atoms. The third kappa shape index (κ3) is 3.58.